The van der Waals surface area contributed by atoms with Crippen LogP contribution >= 0.6 is 0 Å². The Morgan fingerprint density at radius 2 is 1.47 bits per heavy atom. The van der Waals surface area contributed by atoms with Crippen molar-refractivity contribution in [2.75, 3.05) is 11.9 Å². The highest BCUT2D eigenvalue weighted by Crippen LogP contribution is 2.27. The first-order chi connectivity index (χ1) is 15.1. The molecule has 3 aromatic carbocycles. The molecule has 0 bridgehead atoms. The molecule has 0 fully saturated rings. The molecule has 3 rings (SSSR count). The quantitative estimate of drug-likeness (QED) is 0.547. The number of aryl methyl sites for hydroxylation is 4. The first-order valence-corrected chi connectivity index (χ1v) is 12.0. The van der Waals surface area contributed by atoms with Crippen LogP contribution < -0.4 is 5.32 Å². The molecule has 0 radical (unpaired) electrons. The molecule has 6 heteroatoms. The van der Waals surface area contributed by atoms with E-state index in [0.717, 1.165) is 22.3 Å². The number of hydrogen-bond donors (Lipinski definition) is 1. The number of carbonyl (C=O) groups is 1. The highest BCUT2D eigenvalue weighted by molar-refractivity contribution is 7.89. The fraction of sp³-hybridized carbons (Fsp3) is 0.269. The Kier molecular flexibility index (Phi) is 7.16. The predicted octanol–water partition coefficient (Wildman–Crippen LogP) is 5.06. The van der Waals surface area contributed by atoms with E-state index in [4.69, 9.17) is 0 Å². The summed E-state index contributed by atoms with van der Waals surface area (Å²) < 4.78 is 28.7. The van der Waals surface area contributed by atoms with Gasteiger partial charge in [-0.2, -0.15) is 4.31 Å². The molecule has 0 saturated heterocycles. The molecule has 0 saturated carbocycles. The van der Waals surface area contributed by atoms with Gasteiger partial charge in [-0.3, -0.25) is 4.79 Å². The highest BCUT2D eigenvalue weighted by atomic mass is 32.2. The molecule has 168 valence electrons. The third-order valence-electron chi connectivity index (χ3n) is 5.60. The Morgan fingerprint density at radius 3 is 2.09 bits per heavy atom. The molecule has 1 N–H and O–H groups in total. The maximum Gasteiger partial charge on any atom is 0.244 e. The van der Waals surface area contributed by atoms with Gasteiger partial charge in [-0.05, 0) is 68.5 Å². The summed E-state index contributed by atoms with van der Waals surface area (Å²) in [6.07, 6.45) is 0. The minimum atomic E-state index is -3.91. The SMILES string of the molecule is Cc1cc(C)c(S(=O)(=O)N(CC(=O)Nc2cccc(C)c2C)Cc2ccccc2)c(C)c1. The smallest absolute Gasteiger partial charge is 0.244 e. The molecular formula is C26H30N2O3S. The Morgan fingerprint density at radius 1 is 0.844 bits per heavy atom. The van der Waals surface area contributed by atoms with Gasteiger partial charge in [0.15, 0.2) is 0 Å². The second-order valence-corrected chi connectivity index (χ2v) is 10.2. The third-order valence-corrected chi connectivity index (χ3v) is 7.70. The number of nitrogens with one attached hydrogen (secondary N) is 1. The lowest BCUT2D eigenvalue weighted by Gasteiger charge is -2.24. The van der Waals surface area contributed by atoms with E-state index >= 15 is 0 Å². The monoisotopic (exact) mass is 450 g/mol. The lowest BCUT2D eigenvalue weighted by atomic mass is 10.1. The number of carbonyl (C=O) groups excluding carboxylic acids is 1. The largest absolute Gasteiger partial charge is 0.325 e. The fourth-order valence-corrected chi connectivity index (χ4v) is 5.75. The molecule has 0 aliphatic heterocycles. The normalized spacial score (nSPS) is 11.6. The van der Waals surface area contributed by atoms with Crippen LogP contribution in [0, 0.1) is 34.6 Å². The number of benzene rings is 3. The van der Waals surface area contributed by atoms with E-state index in [2.05, 4.69) is 5.32 Å². The summed E-state index contributed by atoms with van der Waals surface area (Å²) in [4.78, 5) is 13.2. The first kappa shape index (κ1) is 23.7. The van der Waals surface area contributed by atoms with E-state index in [1.165, 1.54) is 4.31 Å². The van der Waals surface area contributed by atoms with Crippen LogP contribution in [0.4, 0.5) is 5.69 Å². The Bertz CT molecular complexity index is 1210. The van der Waals surface area contributed by atoms with Crippen molar-refractivity contribution in [3.8, 4) is 0 Å². The topological polar surface area (TPSA) is 66.5 Å². The Hall–Kier alpha value is -2.96. The lowest BCUT2D eigenvalue weighted by molar-refractivity contribution is -0.116. The summed E-state index contributed by atoms with van der Waals surface area (Å²) >= 11 is 0. The van der Waals surface area contributed by atoms with Crippen LogP contribution in [-0.4, -0.2) is 25.2 Å². The molecule has 0 unspecified atom stereocenters. The first-order valence-electron chi connectivity index (χ1n) is 10.6. The molecule has 0 aliphatic carbocycles. The predicted molar refractivity (Wildman–Crippen MR) is 129 cm³/mol. The van der Waals surface area contributed by atoms with E-state index < -0.39 is 10.0 Å². The second-order valence-electron chi connectivity index (χ2n) is 8.28. The van der Waals surface area contributed by atoms with Gasteiger partial charge in [-0.15, -0.1) is 0 Å². The average molecular weight is 451 g/mol. The standard InChI is InChI=1S/C26H30N2O3S/c1-18-14-20(3)26(21(4)15-18)32(30,31)28(16-23-11-7-6-8-12-23)17-25(29)27-24-13-9-10-19(2)22(24)5/h6-15H,16-17H2,1-5H3,(H,27,29). The van der Waals surface area contributed by atoms with Crippen molar-refractivity contribution >= 4 is 21.6 Å². The van der Waals surface area contributed by atoms with Gasteiger partial charge in [0, 0.05) is 12.2 Å². The van der Waals surface area contributed by atoms with Crippen LogP contribution in [0.3, 0.4) is 0 Å². The molecule has 0 aromatic heterocycles. The zero-order chi connectivity index (χ0) is 23.5. The molecule has 0 aliphatic rings. The van der Waals surface area contributed by atoms with Gasteiger partial charge in [0.05, 0.1) is 11.4 Å². The lowest BCUT2D eigenvalue weighted by Crippen LogP contribution is -2.38. The summed E-state index contributed by atoms with van der Waals surface area (Å²) in [5.41, 5.74) is 5.88. The Labute approximate surface area is 191 Å². The number of sulfonamides is 1. The van der Waals surface area contributed by atoms with Crippen molar-refractivity contribution in [3.05, 3.63) is 94.0 Å². The molecule has 0 spiro atoms. The van der Waals surface area contributed by atoms with Crippen molar-refractivity contribution < 1.29 is 13.2 Å². The van der Waals surface area contributed by atoms with Crippen LogP contribution in [0.25, 0.3) is 0 Å². The maximum absolute atomic E-state index is 13.7. The van der Waals surface area contributed by atoms with Gasteiger partial charge in [-0.1, -0.05) is 60.2 Å². The van der Waals surface area contributed by atoms with Crippen LogP contribution in [0.5, 0.6) is 0 Å². The number of nitrogens with zero attached hydrogens (tertiary/aromatic N) is 1. The molecule has 32 heavy (non-hydrogen) atoms. The maximum atomic E-state index is 13.7. The molecular weight excluding hydrogens is 420 g/mol. The van der Waals surface area contributed by atoms with Gasteiger partial charge in [-0.25, -0.2) is 8.42 Å². The van der Waals surface area contributed by atoms with Crippen molar-refractivity contribution in [3.63, 3.8) is 0 Å². The molecule has 0 atom stereocenters. The summed E-state index contributed by atoms with van der Waals surface area (Å²) in [6.45, 7) is 9.26. The van der Waals surface area contributed by atoms with E-state index in [1.54, 1.807) is 13.8 Å². The van der Waals surface area contributed by atoms with Crippen LogP contribution in [0.2, 0.25) is 0 Å². The van der Waals surface area contributed by atoms with Gasteiger partial charge in [0.25, 0.3) is 0 Å². The minimum absolute atomic E-state index is 0.107. The second kappa shape index (κ2) is 9.67. The highest BCUT2D eigenvalue weighted by Gasteiger charge is 2.30. The molecule has 1 amide bonds. The van der Waals surface area contributed by atoms with Crippen LogP contribution in [0.1, 0.15) is 33.4 Å². The van der Waals surface area contributed by atoms with E-state index in [1.807, 2.05) is 81.4 Å². The van der Waals surface area contributed by atoms with E-state index in [-0.39, 0.29) is 23.9 Å². The molecule has 3 aromatic rings. The van der Waals surface area contributed by atoms with Gasteiger partial charge in [0.1, 0.15) is 0 Å². The van der Waals surface area contributed by atoms with E-state index in [9.17, 15) is 13.2 Å². The van der Waals surface area contributed by atoms with Crippen molar-refractivity contribution in [2.24, 2.45) is 0 Å². The summed E-state index contributed by atoms with van der Waals surface area (Å²) in [6, 6.07) is 18.7. The number of rotatable bonds is 7. The number of amides is 1. The van der Waals surface area contributed by atoms with Gasteiger partial charge >= 0.3 is 0 Å². The van der Waals surface area contributed by atoms with Crippen molar-refractivity contribution in [1.29, 1.82) is 0 Å². The van der Waals surface area contributed by atoms with Crippen molar-refractivity contribution in [1.82, 2.24) is 4.31 Å². The van der Waals surface area contributed by atoms with Crippen molar-refractivity contribution in [2.45, 2.75) is 46.1 Å². The molecule has 0 heterocycles. The zero-order valence-corrected chi connectivity index (χ0v) is 20.1. The van der Waals surface area contributed by atoms with Gasteiger partial charge in [0.2, 0.25) is 15.9 Å². The van der Waals surface area contributed by atoms with E-state index in [0.29, 0.717) is 16.8 Å². The van der Waals surface area contributed by atoms with Crippen LogP contribution in [-0.2, 0) is 21.4 Å². The number of hydrogen-bond acceptors (Lipinski definition) is 3. The fourth-order valence-electron chi connectivity index (χ4n) is 3.95. The summed E-state index contributed by atoms with van der Waals surface area (Å²) in [5.74, 6) is -0.374. The average Bonchev–Trinajstić information content (AvgIpc) is 2.70. The van der Waals surface area contributed by atoms with Crippen LogP contribution in [0.15, 0.2) is 65.6 Å². The number of anilines is 1. The third kappa shape index (κ3) is 5.26. The van der Waals surface area contributed by atoms with Gasteiger partial charge < -0.3 is 5.32 Å². The minimum Gasteiger partial charge on any atom is -0.325 e. The Balaban J connectivity index is 1.97. The molecule has 5 nitrogen and oxygen atoms in total. The summed E-state index contributed by atoms with van der Waals surface area (Å²) in [7, 11) is -3.91. The summed E-state index contributed by atoms with van der Waals surface area (Å²) in [5, 5.41) is 2.88. The zero-order valence-electron chi connectivity index (χ0n) is 19.3.